The van der Waals surface area contributed by atoms with Crippen LogP contribution in [0.2, 0.25) is 0 Å². The first kappa shape index (κ1) is 28.1. The number of rotatable bonds is 3. The zero-order valence-electron chi connectivity index (χ0n) is 27.8. The molecular weight excluding hydrogens is 655 g/mol. The van der Waals surface area contributed by atoms with Gasteiger partial charge in [-0.05, 0) is 101 Å². The summed E-state index contributed by atoms with van der Waals surface area (Å²) in [6.45, 7) is 0. The van der Waals surface area contributed by atoms with Crippen LogP contribution in [0, 0.1) is 0 Å². The van der Waals surface area contributed by atoms with Gasteiger partial charge in [0.2, 0.25) is 0 Å². The van der Waals surface area contributed by atoms with E-state index in [9.17, 15) is 0 Å². The number of fused-ring (bicyclic) bond motifs is 12. The first-order valence-electron chi connectivity index (χ1n) is 17.6. The van der Waals surface area contributed by atoms with Crippen molar-refractivity contribution in [3.8, 4) is 27.9 Å². The molecule has 0 radical (unpaired) electrons. The van der Waals surface area contributed by atoms with E-state index in [0.29, 0.717) is 0 Å². The predicted octanol–water partition coefficient (Wildman–Crippen LogP) is 14.3. The normalized spacial score (nSPS) is 12.2. The molecule has 0 bridgehead atoms. The van der Waals surface area contributed by atoms with Crippen LogP contribution in [-0.4, -0.2) is 4.57 Å². The summed E-state index contributed by atoms with van der Waals surface area (Å²) in [6, 6.07) is 59.0. The quantitative estimate of drug-likeness (QED) is 0.186. The van der Waals surface area contributed by atoms with Crippen molar-refractivity contribution in [2.45, 2.75) is 0 Å². The van der Waals surface area contributed by atoms with Gasteiger partial charge >= 0.3 is 0 Å². The van der Waals surface area contributed by atoms with Gasteiger partial charge in [-0.15, -0.1) is 11.3 Å². The minimum absolute atomic E-state index is 0.890. The van der Waals surface area contributed by atoms with Crippen molar-refractivity contribution >= 4 is 97.2 Å². The SMILES string of the molecule is c1ccc2c(c1)oc1ccc(-c3ccc4c(c3)c3ccccc3n4-c3ccc4oc5cc(-c6ccc7c(c6)sc6ccccc67)ccc5c4c3)cc12. The molecular formula is C48H27NO2S. The lowest BCUT2D eigenvalue weighted by Gasteiger charge is -2.09. The van der Waals surface area contributed by atoms with Crippen LogP contribution in [0.1, 0.15) is 0 Å². The summed E-state index contributed by atoms with van der Waals surface area (Å²) in [6.07, 6.45) is 0. The highest BCUT2D eigenvalue weighted by Crippen LogP contribution is 2.41. The molecule has 4 heterocycles. The van der Waals surface area contributed by atoms with Crippen molar-refractivity contribution in [2.24, 2.45) is 0 Å². The van der Waals surface area contributed by atoms with Crippen LogP contribution in [0.4, 0.5) is 0 Å². The van der Waals surface area contributed by atoms with E-state index < -0.39 is 0 Å². The monoisotopic (exact) mass is 681 g/mol. The van der Waals surface area contributed by atoms with Gasteiger partial charge in [-0.1, -0.05) is 84.9 Å². The average Bonchev–Trinajstić information content (AvgIpc) is 3.95. The van der Waals surface area contributed by atoms with Crippen molar-refractivity contribution in [3.63, 3.8) is 0 Å². The van der Waals surface area contributed by atoms with E-state index in [0.717, 1.165) is 55.1 Å². The Labute approximate surface area is 301 Å². The van der Waals surface area contributed by atoms with Crippen molar-refractivity contribution in [2.75, 3.05) is 0 Å². The van der Waals surface area contributed by atoms with Gasteiger partial charge in [-0.25, -0.2) is 0 Å². The van der Waals surface area contributed by atoms with E-state index in [4.69, 9.17) is 8.83 Å². The van der Waals surface area contributed by atoms with Gasteiger partial charge in [0.1, 0.15) is 22.3 Å². The fraction of sp³-hybridized carbons (Fsp3) is 0. The third-order valence-electron chi connectivity index (χ3n) is 10.8. The molecule has 0 amide bonds. The first-order valence-corrected chi connectivity index (χ1v) is 18.4. The first-order chi connectivity index (χ1) is 25.7. The van der Waals surface area contributed by atoms with Crippen LogP contribution < -0.4 is 0 Å². The van der Waals surface area contributed by atoms with Gasteiger partial charge in [0, 0.05) is 58.2 Å². The maximum absolute atomic E-state index is 6.50. The summed E-state index contributed by atoms with van der Waals surface area (Å²) in [7, 11) is 0. The maximum atomic E-state index is 6.50. The molecule has 4 heteroatoms. The van der Waals surface area contributed by atoms with Crippen LogP contribution in [-0.2, 0) is 0 Å². The fourth-order valence-electron chi connectivity index (χ4n) is 8.33. The number of furan rings is 2. The summed E-state index contributed by atoms with van der Waals surface area (Å²) < 4.78 is 17.6. The van der Waals surface area contributed by atoms with E-state index in [1.165, 1.54) is 58.7 Å². The number of thiophene rings is 1. The second-order valence-corrected chi connectivity index (χ2v) is 14.8. The minimum Gasteiger partial charge on any atom is -0.456 e. The summed E-state index contributed by atoms with van der Waals surface area (Å²) >= 11 is 1.85. The Morgan fingerprint density at radius 2 is 0.885 bits per heavy atom. The standard InChI is InChI=1S/C48H27NO2S/c1-4-10-41-33(7-1)38-23-28(29-16-21-44-39(24-29)34-8-2-5-11-43(34)50-44)15-20-42(38)49(41)32-17-22-45-40(27-32)35-18-13-30(25-46(35)51-45)31-14-19-37-36-9-3-6-12-47(36)52-48(37)26-31/h1-27H. The van der Waals surface area contributed by atoms with Crippen LogP contribution in [0.5, 0.6) is 0 Å². The van der Waals surface area contributed by atoms with Gasteiger partial charge in [-0.2, -0.15) is 0 Å². The molecule has 0 N–H and O–H groups in total. The molecule has 3 nitrogen and oxygen atoms in total. The number of para-hydroxylation sites is 2. The summed E-state index contributed by atoms with van der Waals surface area (Å²) in [5.41, 5.74) is 11.8. The lowest BCUT2D eigenvalue weighted by atomic mass is 10.0. The largest absolute Gasteiger partial charge is 0.456 e. The van der Waals surface area contributed by atoms with E-state index in [2.05, 4.69) is 156 Å². The van der Waals surface area contributed by atoms with Gasteiger partial charge in [0.05, 0.1) is 11.0 Å². The number of nitrogens with zero attached hydrogens (tertiary/aromatic N) is 1. The summed E-state index contributed by atoms with van der Waals surface area (Å²) in [5, 5.41) is 9.60. The van der Waals surface area contributed by atoms with E-state index in [-0.39, 0.29) is 0 Å². The fourth-order valence-corrected chi connectivity index (χ4v) is 9.47. The lowest BCUT2D eigenvalue weighted by molar-refractivity contribution is 0.668. The maximum Gasteiger partial charge on any atom is 0.136 e. The number of aromatic nitrogens is 1. The van der Waals surface area contributed by atoms with Gasteiger partial charge in [0.25, 0.3) is 0 Å². The van der Waals surface area contributed by atoms with Crippen molar-refractivity contribution < 1.29 is 8.83 Å². The average molecular weight is 682 g/mol. The molecule has 4 aromatic heterocycles. The summed E-state index contributed by atoms with van der Waals surface area (Å²) in [4.78, 5) is 0. The Bertz CT molecular complexity index is 3430. The molecule has 0 aliphatic carbocycles. The van der Waals surface area contributed by atoms with Gasteiger partial charge in [0.15, 0.2) is 0 Å². The third-order valence-corrected chi connectivity index (χ3v) is 11.9. The smallest absolute Gasteiger partial charge is 0.136 e. The number of hydrogen-bond acceptors (Lipinski definition) is 3. The molecule has 0 saturated carbocycles. The lowest BCUT2D eigenvalue weighted by Crippen LogP contribution is -1.93. The van der Waals surface area contributed by atoms with Crippen LogP contribution in [0.3, 0.4) is 0 Å². The number of hydrogen-bond donors (Lipinski definition) is 0. The second kappa shape index (κ2) is 10.5. The zero-order chi connectivity index (χ0) is 33.9. The highest BCUT2D eigenvalue weighted by molar-refractivity contribution is 7.25. The van der Waals surface area contributed by atoms with Crippen LogP contribution in [0.25, 0.3) is 114 Å². The zero-order valence-corrected chi connectivity index (χ0v) is 28.6. The summed E-state index contributed by atoms with van der Waals surface area (Å²) in [5.74, 6) is 0. The number of benzene rings is 8. The highest BCUT2D eigenvalue weighted by Gasteiger charge is 2.17. The Kier molecular flexibility index (Phi) is 5.65. The molecule has 0 atom stereocenters. The molecule has 12 rings (SSSR count). The van der Waals surface area contributed by atoms with Gasteiger partial charge in [-0.3, -0.25) is 0 Å². The van der Waals surface area contributed by atoms with Crippen molar-refractivity contribution in [3.05, 3.63) is 164 Å². The Balaban J connectivity index is 0.975. The molecule has 0 unspecified atom stereocenters. The molecule has 0 aliphatic rings. The van der Waals surface area contributed by atoms with Crippen LogP contribution in [0.15, 0.2) is 173 Å². The molecule has 242 valence electrons. The molecule has 0 spiro atoms. The molecule has 0 saturated heterocycles. The van der Waals surface area contributed by atoms with Gasteiger partial charge < -0.3 is 13.4 Å². The van der Waals surface area contributed by atoms with E-state index in [1.807, 2.05) is 23.5 Å². The Morgan fingerprint density at radius 1 is 0.327 bits per heavy atom. The molecule has 52 heavy (non-hydrogen) atoms. The van der Waals surface area contributed by atoms with E-state index in [1.54, 1.807) is 0 Å². The van der Waals surface area contributed by atoms with Crippen molar-refractivity contribution in [1.29, 1.82) is 0 Å². The van der Waals surface area contributed by atoms with Crippen molar-refractivity contribution in [1.82, 2.24) is 4.57 Å². The molecule has 0 fully saturated rings. The second-order valence-electron chi connectivity index (χ2n) is 13.7. The Morgan fingerprint density at radius 3 is 1.79 bits per heavy atom. The highest BCUT2D eigenvalue weighted by atomic mass is 32.1. The van der Waals surface area contributed by atoms with Crippen LogP contribution >= 0.6 is 11.3 Å². The Hall–Kier alpha value is -6.62. The van der Waals surface area contributed by atoms with E-state index >= 15 is 0 Å². The molecule has 12 aromatic rings. The minimum atomic E-state index is 0.890. The molecule has 8 aromatic carbocycles. The predicted molar refractivity (Wildman–Crippen MR) is 219 cm³/mol. The molecule has 0 aliphatic heterocycles. The third kappa shape index (κ3) is 4.01. The topological polar surface area (TPSA) is 31.2 Å².